The van der Waals surface area contributed by atoms with E-state index >= 15 is 0 Å². The summed E-state index contributed by atoms with van der Waals surface area (Å²) in [6, 6.07) is 11.6. The first-order valence-corrected chi connectivity index (χ1v) is 8.48. The molecule has 3 aromatic rings. The van der Waals surface area contributed by atoms with Crippen LogP contribution in [0.15, 0.2) is 42.6 Å². The highest BCUT2D eigenvalue weighted by molar-refractivity contribution is 5.98. The molecule has 0 unspecified atom stereocenters. The van der Waals surface area contributed by atoms with Crippen molar-refractivity contribution in [1.29, 1.82) is 0 Å². The number of hydroxylamine groups is 1. The van der Waals surface area contributed by atoms with Crippen molar-refractivity contribution in [3.63, 3.8) is 0 Å². The Morgan fingerprint density at radius 3 is 2.77 bits per heavy atom. The van der Waals surface area contributed by atoms with E-state index in [2.05, 4.69) is 9.55 Å². The summed E-state index contributed by atoms with van der Waals surface area (Å²) in [6.45, 7) is 2.08. The molecule has 1 aliphatic heterocycles. The minimum atomic E-state index is 0.00324. The molecule has 2 aromatic heterocycles. The zero-order valence-electron chi connectivity index (χ0n) is 14.6. The van der Waals surface area contributed by atoms with Crippen molar-refractivity contribution in [2.24, 2.45) is 0 Å². The number of benzene rings is 1. The molecule has 0 saturated heterocycles. The number of amides is 1. The topological polar surface area (TPSA) is 90.4 Å². The molecule has 26 heavy (non-hydrogen) atoms. The van der Waals surface area contributed by atoms with Crippen LogP contribution in [0.5, 0.6) is 0 Å². The van der Waals surface area contributed by atoms with Crippen molar-refractivity contribution in [3.8, 4) is 0 Å². The first-order valence-electron chi connectivity index (χ1n) is 8.48. The summed E-state index contributed by atoms with van der Waals surface area (Å²) in [5.41, 5.74) is 5.01. The van der Waals surface area contributed by atoms with Crippen LogP contribution in [0.25, 0.3) is 10.9 Å². The normalized spacial score (nSPS) is 13.5. The van der Waals surface area contributed by atoms with E-state index in [4.69, 9.17) is 5.21 Å². The van der Waals surface area contributed by atoms with Gasteiger partial charge in [-0.2, -0.15) is 0 Å². The number of nitrogens with zero attached hydrogens (tertiary/aromatic N) is 2. The number of aryl methyl sites for hydroxylation is 1. The molecule has 0 bridgehead atoms. The van der Waals surface area contributed by atoms with E-state index < -0.39 is 0 Å². The van der Waals surface area contributed by atoms with Gasteiger partial charge in [0.1, 0.15) is 5.69 Å². The van der Waals surface area contributed by atoms with Crippen molar-refractivity contribution in [2.75, 3.05) is 13.6 Å². The Labute approximate surface area is 151 Å². The molecule has 0 atom stereocenters. The zero-order chi connectivity index (χ0) is 18.5. The Kier molecular flexibility index (Phi) is 5.50. The van der Waals surface area contributed by atoms with Gasteiger partial charge in [0.05, 0.1) is 6.54 Å². The average molecular weight is 354 g/mol. The summed E-state index contributed by atoms with van der Waals surface area (Å²) in [6.07, 6.45) is 3.59. The fourth-order valence-corrected chi connectivity index (χ4v) is 3.22. The number of aldehydes is 1. The van der Waals surface area contributed by atoms with Crippen LogP contribution >= 0.6 is 0 Å². The highest BCUT2D eigenvalue weighted by Gasteiger charge is 2.22. The maximum Gasteiger partial charge on any atom is 0.270 e. The van der Waals surface area contributed by atoms with Crippen molar-refractivity contribution >= 4 is 23.1 Å². The van der Waals surface area contributed by atoms with Gasteiger partial charge in [-0.25, -0.2) is 5.48 Å². The third-order valence-electron chi connectivity index (χ3n) is 4.37. The number of aromatic amines is 1. The molecule has 0 saturated carbocycles. The number of para-hydroxylation sites is 1. The predicted molar refractivity (Wildman–Crippen MR) is 98.3 cm³/mol. The molecule has 0 radical (unpaired) electrons. The molecule has 0 aliphatic carbocycles. The van der Waals surface area contributed by atoms with Gasteiger partial charge >= 0.3 is 0 Å². The van der Waals surface area contributed by atoms with E-state index in [0.29, 0.717) is 24.3 Å². The average Bonchev–Trinajstić information content (AvgIpc) is 3.20. The second-order valence-corrected chi connectivity index (χ2v) is 6.15. The number of carbonyl (C=O) groups is 2. The van der Waals surface area contributed by atoms with Gasteiger partial charge in [-0.3, -0.25) is 9.59 Å². The summed E-state index contributed by atoms with van der Waals surface area (Å²) < 4.78 is 2.07. The zero-order valence-corrected chi connectivity index (χ0v) is 14.6. The van der Waals surface area contributed by atoms with Gasteiger partial charge in [0, 0.05) is 48.5 Å². The number of hydrogen-bond acceptors (Lipinski definition) is 4. The molecule has 0 fully saturated rings. The Balaban J connectivity index is 0.000000613. The lowest BCUT2D eigenvalue weighted by Gasteiger charge is -2.19. The van der Waals surface area contributed by atoms with Gasteiger partial charge in [-0.1, -0.05) is 18.2 Å². The fraction of sp³-hybridized carbons (Fsp3) is 0.263. The lowest BCUT2D eigenvalue weighted by atomic mass is 10.2. The molecule has 3 heterocycles. The minimum absolute atomic E-state index is 0.00324. The van der Waals surface area contributed by atoms with Crippen LogP contribution < -0.4 is 5.48 Å². The first kappa shape index (κ1) is 17.9. The van der Waals surface area contributed by atoms with Crippen LogP contribution in [0, 0.1) is 0 Å². The molecule has 136 valence electrons. The van der Waals surface area contributed by atoms with Crippen molar-refractivity contribution in [2.45, 2.75) is 19.5 Å². The smallest absolute Gasteiger partial charge is 0.270 e. The Hall–Kier alpha value is -2.90. The molecule has 4 rings (SSSR count). The number of fused-ring (bicyclic) bond motifs is 2. The van der Waals surface area contributed by atoms with Crippen LogP contribution in [0.3, 0.4) is 0 Å². The standard InChI is InChI=1S/C18H17N3O2.CH5NO/c22-12-13-8-15-11-21(7-3-6-20(15)10-13)18(23)17-9-14-4-1-2-5-16(14)19-17;1-2-3/h1-2,4-5,8-10,12,19H,3,6-7,11H2;2-3H,1H3. The molecule has 1 aliphatic rings. The van der Waals surface area contributed by atoms with E-state index in [1.54, 1.807) is 5.48 Å². The fourth-order valence-electron chi connectivity index (χ4n) is 3.22. The number of aromatic nitrogens is 2. The molecule has 1 aromatic carbocycles. The number of nitrogens with one attached hydrogen (secondary N) is 2. The largest absolute Gasteiger partial charge is 0.351 e. The van der Waals surface area contributed by atoms with Crippen molar-refractivity contribution in [1.82, 2.24) is 19.9 Å². The van der Waals surface area contributed by atoms with E-state index in [1.165, 1.54) is 7.05 Å². The second kappa shape index (κ2) is 7.99. The number of hydrogen-bond donors (Lipinski definition) is 3. The van der Waals surface area contributed by atoms with E-state index in [9.17, 15) is 9.59 Å². The molecular weight excluding hydrogens is 332 g/mol. The van der Waals surface area contributed by atoms with Crippen LogP contribution in [-0.4, -0.2) is 45.4 Å². The lowest BCUT2D eigenvalue weighted by molar-refractivity contribution is 0.0741. The minimum Gasteiger partial charge on any atom is -0.351 e. The molecule has 0 spiro atoms. The monoisotopic (exact) mass is 354 g/mol. The molecule has 1 amide bonds. The maximum atomic E-state index is 12.8. The van der Waals surface area contributed by atoms with E-state index in [-0.39, 0.29) is 5.91 Å². The van der Waals surface area contributed by atoms with Crippen LogP contribution in [0.1, 0.15) is 33.0 Å². The third-order valence-corrected chi connectivity index (χ3v) is 4.37. The molecule has 3 N–H and O–H groups in total. The molecular formula is C19H22N4O3. The van der Waals surface area contributed by atoms with Crippen LogP contribution in [-0.2, 0) is 13.1 Å². The Morgan fingerprint density at radius 2 is 2.04 bits per heavy atom. The highest BCUT2D eigenvalue weighted by Crippen LogP contribution is 2.20. The summed E-state index contributed by atoms with van der Waals surface area (Å²) in [4.78, 5) is 28.8. The number of H-pyrrole nitrogens is 1. The Bertz CT molecular complexity index is 880. The summed E-state index contributed by atoms with van der Waals surface area (Å²) in [5.74, 6) is 0.00324. The lowest BCUT2D eigenvalue weighted by Crippen LogP contribution is -2.30. The summed E-state index contributed by atoms with van der Waals surface area (Å²) in [7, 11) is 1.43. The van der Waals surface area contributed by atoms with Gasteiger partial charge in [-0.15, -0.1) is 0 Å². The highest BCUT2D eigenvalue weighted by atomic mass is 16.5. The van der Waals surface area contributed by atoms with Gasteiger partial charge in [-0.05, 0) is 24.6 Å². The predicted octanol–water partition coefficient (Wildman–Crippen LogP) is 2.42. The van der Waals surface area contributed by atoms with Gasteiger partial charge < -0.3 is 19.7 Å². The van der Waals surface area contributed by atoms with E-state index in [1.807, 2.05) is 47.5 Å². The number of rotatable bonds is 2. The Morgan fingerprint density at radius 1 is 1.27 bits per heavy atom. The first-order chi connectivity index (χ1) is 12.7. The quantitative estimate of drug-likeness (QED) is 0.487. The summed E-state index contributed by atoms with van der Waals surface area (Å²) >= 11 is 0. The van der Waals surface area contributed by atoms with Gasteiger partial charge in [0.2, 0.25) is 0 Å². The van der Waals surface area contributed by atoms with Crippen molar-refractivity contribution < 1.29 is 14.8 Å². The SMILES string of the molecule is CNO.O=Cc1cc2n(c1)CCCN(C(=O)c1cc3ccccc3[nH]1)C2. The van der Waals surface area contributed by atoms with Crippen LogP contribution in [0.2, 0.25) is 0 Å². The maximum absolute atomic E-state index is 12.8. The molecule has 7 nitrogen and oxygen atoms in total. The third kappa shape index (κ3) is 3.68. The van der Waals surface area contributed by atoms with Gasteiger partial charge in [0.25, 0.3) is 5.91 Å². The van der Waals surface area contributed by atoms with E-state index in [0.717, 1.165) is 35.8 Å². The number of carbonyl (C=O) groups excluding carboxylic acids is 2. The molecule has 7 heteroatoms. The van der Waals surface area contributed by atoms with Crippen molar-refractivity contribution in [3.05, 3.63) is 59.5 Å². The van der Waals surface area contributed by atoms with Crippen LogP contribution in [0.4, 0.5) is 0 Å². The summed E-state index contributed by atoms with van der Waals surface area (Å²) in [5, 5.41) is 8.36. The second-order valence-electron chi connectivity index (χ2n) is 6.15. The van der Waals surface area contributed by atoms with Gasteiger partial charge in [0.15, 0.2) is 6.29 Å².